The van der Waals surface area contributed by atoms with Gasteiger partial charge in [-0.05, 0) is 63.8 Å². The lowest BCUT2D eigenvalue weighted by atomic mass is 9.95. The maximum Gasteiger partial charge on any atom is 0.0236 e. The Hall–Kier alpha value is -0.900. The molecule has 2 unspecified atom stereocenters. The van der Waals surface area contributed by atoms with Gasteiger partial charge in [-0.25, -0.2) is 0 Å². The zero-order valence-electron chi connectivity index (χ0n) is 13.1. The molecule has 2 atom stereocenters. The molecule has 0 amide bonds. The minimum Gasteiger partial charge on any atom is -0.330 e. The quantitative estimate of drug-likeness (QED) is 0.872. The molecule has 2 aliphatic heterocycles. The van der Waals surface area contributed by atoms with E-state index in [0.29, 0.717) is 0 Å². The van der Waals surface area contributed by atoms with Crippen LogP contribution in [0.25, 0.3) is 0 Å². The Balaban J connectivity index is 1.63. The standard InChI is InChI=1S/C18H29N3/c19-10-5-12-21(15-16-6-2-1-3-7-16)18-9-13-20-11-4-8-17(20)14-18/h1-3,6-7,17-18H,4-5,8-15,19H2. The van der Waals surface area contributed by atoms with Crippen LogP contribution in [0.4, 0.5) is 0 Å². The second-order valence-electron chi connectivity index (χ2n) is 6.61. The minimum absolute atomic E-state index is 0.746. The molecule has 2 saturated heterocycles. The second-order valence-corrected chi connectivity index (χ2v) is 6.61. The normalized spacial score (nSPS) is 26.2. The first-order valence-electron chi connectivity index (χ1n) is 8.59. The van der Waals surface area contributed by atoms with Crippen molar-refractivity contribution in [1.82, 2.24) is 9.80 Å². The van der Waals surface area contributed by atoms with Crippen LogP contribution >= 0.6 is 0 Å². The van der Waals surface area contributed by atoms with Crippen molar-refractivity contribution in [3.8, 4) is 0 Å². The van der Waals surface area contributed by atoms with Gasteiger partial charge < -0.3 is 10.6 Å². The van der Waals surface area contributed by atoms with Gasteiger partial charge >= 0.3 is 0 Å². The molecule has 0 aliphatic carbocycles. The van der Waals surface area contributed by atoms with Crippen LogP contribution in [-0.4, -0.2) is 48.1 Å². The van der Waals surface area contributed by atoms with Crippen molar-refractivity contribution in [1.29, 1.82) is 0 Å². The van der Waals surface area contributed by atoms with E-state index in [0.717, 1.165) is 38.1 Å². The smallest absolute Gasteiger partial charge is 0.0236 e. The molecule has 0 saturated carbocycles. The van der Waals surface area contributed by atoms with E-state index in [2.05, 4.69) is 40.1 Å². The molecule has 0 bridgehead atoms. The first-order valence-corrected chi connectivity index (χ1v) is 8.59. The van der Waals surface area contributed by atoms with Crippen LogP contribution in [0, 0.1) is 0 Å². The van der Waals surface area contributed by atoms with Gasteiger partial charge in [0, 0.05) is 18.6 Å². The number of hydrogen-bond donors (Lipinski definition) is 1. The van der Waals surface area contributed by atoms with Crippen molar-refractivity contribution in [2.24, 2.45) is 5.73 Å². The fourth-order valence-electron chi connectivity index (χ4n) is 4.04. The topological polar surface area (TPSA) is 32.5 Å². The third kappa shape index (κ3) is 3.85. The van der Waals surface area contributed by atoms with Gasteiger partial charge in [-0.2, -0.15) is 0 Å². The summed E-state index contributed by atoms with van der Waals surface area (Å²) < 4.78 is 0. The highest BCUT2D eigenvalue weighted by molar-refractivity contribution is 5.14. The van der Waals surface area contributed by atoms with Crippen LogP contribution in [0.3, 0.4) is 0 Å². The molecular formula is C18H29N3. The van der Waals surface area contributed by atoms with Gasteiger partial charge in [-0.3, -0.25) is 4.90 Å². The van der Waals surface area contributed by atoms with Crippen molar-refractivity contribution in [2.45, 2.75) is 50.7 Å². The predicted octanol–water partition coefficient (Wildman–Crippen LogP) is 2.46. The van der Waals surface area contributed by atoms with Crippen molar-refractivity contribution in [3.05, 3.63) is 35.9 Å². The largest absolute Gasteiger partial charge is 0.330 e. The molecule has 21 heavy (non-hydrogen) atoms. The Morgan fingerprint density at radius 2 is 2.00 bits per heavy atom. The Morgan fingerprint density at radius 1 is 1.14 bits per heavy atom. The summed E-state index contributed by atoms with van der Waals surface area (Å²) in [5, 5.41) is 0. The molecule has 116 valence electrons. The summed E-state index contributed by atoms with van der Waals surface area (Å²) in [6, 6.07) is 12.5. The lowest BCUT2D eigenvalue weighted by Crippen LogP contribution is -2.47. The van der Waals surface area contributed by atoms with Crippen LogP contribution in [0.5, 0.6) is 0 Å². The average molecular weight is 287 g/mol. The van der Waals surface area contributed by atoms with Crippen molar-refractivity contribution >= 4 is 0 Å². The van der Waals surface area contributed by atoms with Crippen LogP contribution in [0.15, 0.2) is 30.3 Å². The molecule has 3 nitrogen and oxygen atoms in total. The van der Waals surface area contributed by atoms with E-state index in [9.17, 15) is 0 Å². The molecule has 2 heterocycles. The van der Waals surface area contributed by atoms with Gasteiger partial charge in [0.15, 0.2) is 0 Å². The van der Waals surface area contributed by atoms with Gasteiger partial charge in [0.05, 0.1) is 0 Å². The molecule has 1 aromatic carbocycles. The summed E-state index contributed by atoms with van der Waals surface area (Å²) in [7, 11) is 0. The van der Waals surface area contributed by atoms with Crippen LogP contribution < -0.4 is 5.73 Å². The molecule has 1 aromatic rings. The second kappa shape index (κ2) is 7.39. The number of rotatable bonds is 6. The highest BCUT2D eigenvalue weighted by Gasteiger charge is 2.33. The number of hydrogen-bond acceptors (Lipinski definition) is 3. The number of nitrogens with two attached hydrogens (primary N) is 1. The summed E-state index contributed by atoms with van der Waals surface area (Å²) in [4.78, 5) is 5.40. The maximum atomic E-state index is 5.75. The fourth-order valence-corrected chi connectivity index (χ4v) is 4.04. The van der Waals surface area contributed by atoms with E-state index in [1.54, 1.807) is 0 Å². The first-order chi connectivity index (χ1) is 10.4. The van der Waals surface area contributed by atoms with E-state index in [1.165, 1.54) is 44.3 Å². The Kier molecular flexibility index (Phi) is 5.28. The summed E-state index contributed by atoms with van der Waals surface area (Å²) in [6.07, 6.45) is 6.61. The number of fused-ring (bicyclic) bond motifs is 1. The highest BCUT2D eigenvalue weighted by atomic mass is 15.2. The van der Waals surface area contributed by atoms with E-state index in [4.69, 9.17) is 5.73 Å². The fraction of sp³-hybridized carbons (Fsp3) is 0.667. The Morgan fingerprint density at radius 3 is 2.81 bits per heavy atom. The summed E-state index contributed by atoms with van der Waals surface area (Å²) in [6.45, 7) is 5.65. The van der Waals surface area contributed by atoms with Crippen LogP contribution in [0.2, 0.25) is 0 Å². The molecule has 0 aromatic heterocycles. The molecule has 3 heteroatoms. The van der Waals surface area contributed by atoms with Crippen molar-refractivity contribution in [2.75, 3.05) is 26.2 Å². The Labute approximate surface area is 129 Å². The van der Waals surface area contributed by atoms with Gasteiger partial charge in [-0.15, -0.1) is 0 Å². The first kappa shape index (κ1) is 15.0. The van der Waals surface area contributed by atoms with Gasteiger partial charge in [0.1, 0.15) is 0 Å². The monoisotopic (exact) mass is 287 g/mol. The molecule has 3 rings (SSSR count). The summed E-state index contributed by atoms with van der Waals surface area (Å²) in [5.41, 5.74) is 7.18. The number of nitrogens with zero attached hydrogens (tertiary/aromatic N) is 2. The molecule has 2 fully saturated rings. The number of piperidine rings is 1. The number of benzene rings is 1. The SMILES string of the molecule is NCCCN(Cc1ccccc1)C1CCN2CCCC2C1. The van der Waals surface area contributed by atoms with E-state index in [1.807, 2.05) is 0 Å². The average Bonchev–Trinajstić information content (AvgIpc) is 3.00. The third-order valence-corrected chi connectivity index (χ3v) is 5.19. The molecular weight excluding hydrogens is 258 g/mol. The van der Waals surface area contributed by atoms with Gasteiger partial charge in [-0.1, -0.05) is 30.3 Å². The van der Waals surface area contributed by atoms with Crippen LogP contribution in [0.1, 0.15) is 37.7 Å². The lowest BCUT2D eigenvalue weighted by Gasteiger charge is -2.41. The van der Waals surface area contributed by atoms with Gasteiger partial charge in [0.25, 0.3) is 0 Å². The summed E-state index contributed by atoms with van der Waals surface area (Å²) >= 11 is 0. The molecule has 2 aliphatic rings. The Bertz CT molecular complexity index is 420. The van der Waals surface area contributed by atoms with E-state index < -0.39 is 0 Å². The maximum absolute atomic E-state index is 5.75. The summed E-state index contributed by atoms with van der Waals surface area (Å²) in [5.74, 6) is 0. The van der Waals surface area contributed by atoms with Crippen molar-refractivity contribution < 1.29 is 0 Å². The molecule has 0 radical (unpaired) electrons. The van der Waals surface area contributed by atoms with Gasteiger partial charge in [0.2, 0.25) is 0 Å². The molecule has 0 spiro atoms. The minimum atomic E-state index is 0.746. The zero-order valence-corrected chi connectivity index (χ0v) is 13.1. The van der Waals surface area contributed by atoms with E-state index >= 15 is 0 Å². The highest BCUT2D eigenvalue weighted by Crippen LogP contribution is 2.30. The van der Waals surface area contributed by atoms with Crippen LogP contribution in [-0.2, 0) is 6.54 Å². The predicted molar refractivity (Wildman–Crippen MR) is 88.1 cm³/mol. The zero-order chi connectivity index (χ0) is 14.5. The lowest BCUT2D eigenvalue weighted by molar-refractivity contribution is 0.0819. The molecule has 2 N–H and O–H groups in total. The third-order valence-electron chi connectivity index (χ3n) is 5.19. The van der Waals surface area contributed by atoms with Crippen molar-refractivity contribution in [3.63, 3.8) is 0 Å². The van der Waals surface area contributed by atoms with E-state index in [-0.39, 0.29) is 0 Å².